The molecule has 0 saturated carbocycles. The van der Waals surface area contributed by atoms with E-state index in [0.29, 0.717) is 6.04 Å². The SMILES string of the molecule is CCCN(CCC(C)(C)C#N)CC1CCCN1. The molecule has 1 N–H and O–H groups in total. The van der Waals surface area contributed by atoms with E-state index in [1.54, 1.807) is 0 Å². The average molecular weight is 237 g/mol. The molecule has 0 aliphatic carbocycles. The van der Waals surface area contributed by atoms with Gasteiger partial charge in [0, 0.05) is 12.6 Å². The molecule has 0 aromatic rings. The van der Waals surface area contributed by atoms with Crippen molar-refractivity contribution in [2.24, 2.45) is 5.41 Å². The van der Waals surface area contributed by atoms with Crippen LogP contribution < -0.4 is 5.32 Å². The molecule has 17 heavy (non-hydrogen) atoms. The van der Waals surface area contributed by atoms with Crippen molar-refractivity contribution in [3.8, 4) is 6.07 Å². The van der Waals surface area contributed by atoms with E-state index in [4.69, 9.17) is 5.26 Å². The van der Waals surface area contributed by atoms with Crippen molar-refractivity contribution in [1.29, 1.82) is 5.26 Å². The lowest BCUT2D eigenvalue weighted by atomic mass is 9.91. The first-order valence-corrected chi connectivity index (χ1v) is 6.94. The highest BCUT2D eigenvalue weighted by molar-refractivity contribution is 4.92. The fraction of sp³-hybridized carbons (Fsp3) is 0.929. The van der Waals surface area contributed by atoms with Crippen LogP contribution in [-0.4, -0.2) is 37.1 Å². The van der Waals surface area contributed by atoms with Gasteiger partial charge in [-0.15, -0.1) is 0 Å². The van der Waals surface area contributed by atoms with Crippen LogP contribution in [0.5, 0.6) is 0 Å². The van der Waals surface area contributed by atoms with Crippen LogP contribution in [0.2, 0.25) is 0 Å². The first-order chi connectivity index (χ1) is 8.07. The molecule has 1 heterocycles. The lowest BCUT2D eigenvalue weighted by Crippen LogP contribution is -2.39. The molecule has 1 fully saturated rings. The van der Waals surface area contributed by atoms with Gasteiger partial charge in [-0.1, -0.05) is 6.92 Å². The molecule has 0 bridgehead atoms. The Kier molecular flexibility index (Phi) is 5.94. The van der Waals surface area contributed by atoms with Gasteiger partial charge in [0.25, 0.3) is 0 Å². The summed E-state index contributed by atoms with van der Waals surface area (Å²) in [6.07, 6.45) is 4.78. The van der Waals surface area contributed by atoms with Crippen LogP contribution in [0.4, 0.5) is 0 Å². The molecule has 1 rings (SSSR count). The van der Waals surface area contributed by atoms with Gasteiger partial charge in [-0.3, -0.25) is 0 Å². The van der Waals surface area contributed by atoms with E-state index in [2.05, 4.69) is 23.2 Å². The zero-order chi connectivity index (χ0) is 12.7. The second kappa shape index (κ2) is 6.98. The summed E-state index contributed by atoms with van der Waals surface area (Å²) in [5.41, 5.74) is -0.185. The third kappa shape index (κ3) is 5.52. The van der Waals surface area contributed by atoms with E-state index in [0.717, 1.165) is 26.1 Å². The van der Waals surface area contributed by atoms with Crippen molar-refractivity contribution in [3.63, 3.8) is 0 Å². The largest absolute Gasteiger partial charge is 0.313 e. The summed E-state index contributed by atoms with van der Waals surface area (Å²) in [4.78, 5) is 2.52. The van der Waals surface area contributed by atoms with E-state index >= 15 is 0 Å². The Labute approximate surface area is 106 Å². The lowest BCUT2D eigenvalue weighted by molar-refractivity contribution is 0.223. The number of nitrogens with one attached hydrogen (secondary N) is 1. The fourth-order valence-electron chi connectivity index (χ4n) is 2.33. The summed E-state index contributed by atoms with van der Waals surface area (Å²) in [7, 11) is 0. The second-order valence-electron chi connectivity index (χ2n) is 5.84. The molecule has 0 amide bonds. The van der Waals surface area contributed by atoms with Crippen LogP contribution >= 0.6 is 0 Å². The molecule has 3 heteroatoms. The molecular formula is C14H27N3. The Morgan fingerprint density at radius 1 is 1.41 bits per heavy atom. The quantitative estimate of drug-likeness (QED) is 0.739. The minimum Gasteiger partial charge on any atom is -0.313 e. The van der Waals surface area contributed by atoms with E-state index in [-0.39, 0.29) is 5.41 Å². The monoisotopic (exact) mass is 237 g/mol. The van der Waals surface area contributed by atoms with E-state index < -0.39 is 0 Å². The molecule has 3 nitrogen and oxygen atoms in total. The van der Waals surface area contributed by atoms with Crippen LogP contribution in [0.1, 0.15) is 46.5 Å². The summed E-state index contributed by atoms with van der Waals surface area (Å²) in [6.45, 7) is 10.8. The normalized spacial score (nSPS) is 20.8. The number of nitriles is 1. The molecule has 0 spiro atoms. The Bertz CT molecular complexity index is 249. The third-order valence-corrected chi connectivity index (χ3v) is 3.54. The minimum absolute atomic E-state index is 0.185. The van der Waals surface area contributed by atoms with Gasteiger partial charge in [0.2, 0.25) is 0 Å². The maximum absolute atomic E-state index is 9.04. The molecule has 0 aromatic heterocycles. The number of nitrogens with zero attached hydrogens (tertiary/aromatic N) is 2. The highest BCUT2D eigenvalue weighted by atomic mass is 15.1. The highest BCUT2D eigenvalue weighted by Crippen LogP contribution is 2.19. The minimum atomic E-state index is -0.185. The fourth-order valence-corrected chi connectivity index (χ4v) is 2.33. The van der Waals surface area contributed by atoms with Crippen molar-refractivity contribution >= 4 is 0 Å². The molecule has 1 saturated heterocycles. The molecule has 1 aliphatic rings. The second-order valence-corrected chi connectivity index (χ2v) is 5.84. The predicted octanol–water partition coefficient (Wildman–Crippen LogP) is 2.39. The van der Waals surface area contributed by atoms with Crippen LogP contribution in [-0.2, 0) is 0 Å². The van der Waals surface area contributed by atoms with Crippen molar-refractivity contribution < 1.29 is 0 Å². The van der Waals surface area contributed by atoms with Gasteiger partial charge in [-0.05, 0) is 59.2 Å². The average Bonchev–Trinajstić information content (AvgIpc) is 2.79. The zero-order valence-corrected chi connectivity index (χ0v) is 11.6. The maximum atomic E-state index is 9.04. The van der Waals surface area contributed by atoms with Gasteiger partial charge in [0.05, 0.1) is 11.5 Å². The van der Waals surface area contributed by atoms with Gasteiger partial charge in [-0.2, -0.15) is 5.26 Å². The summed E-state index contributed by atoms with van der Waals surface area (Å²) in [5.74, 6) is 0. The molecule has 98 valence electrons. The van der Waals surface area contributed by atoms with Crippen molar-refractivity contribution in [2.75, 3.05) is 26.2 Å². The van der Waals surface area contributed by atoms with Crippen LogP contribution in [0.15, 0.2) is 0 Å². The van der Waals surface area contributed by atoms with Crippen molar-refractivity contribution in [1.82, 2.24) is 10.2 Å². The number of rotatable bonds is 7. The molecule has 1 unspecified atom stereocenters. The number of hydrogen-bond acceptors (Lipinski definition) is 3. The van der Waals surface area contributed by atoms with Gasteiger partial charge in [-0.25, -0.2) is 0 Å². The van der Waals surface area contributed by atoms with Crippen molar-refractivity contribution in [3.05, 3.63) is 0 Å². The summed E-state index contributed by atoms with van der Waals surface area (Å²) >= 11 is 0. The van der Waals surface area contributed by atoms with E-state index in [9.17, 15) is 0 Å². The molecular weight excluding hydrogens is 210 g/mol. The predicted molar refractivity (Wildman–Crippen MR) is 71.8 cm³/mol. The standard InChI is InChI=1S/C14H27N3/c1-4-9-17(10-7-14(2,3)12-15)11-13-6-5-8-16-13/h13,16H,4-11H2,1-3H3. The van der Waals surface area contributed by atoms with Gasteiger partial charge < -0.3 is 10.2 Å². The van der Waals surface area contributed by atoms with Crippen molar-refractivity contribution in [2.45, 2.75) is 52.5 Å². The van der Waals surface area contributed by atoms with Crippen LogP contribution in [0.3, 0.4) is 0 Å². The van der Waals surface area contributed by atoms with E-state index in [1.165, 1.54) is 25.8 Å². The Balaban J connectivity index is 2.34. The highest BCUT2D eigenvalue weighted by Gasteiger charge is 2.21. The van der Waals surface area contributed by atoms with Gasteiger partial charge >= 0.3 is 0 Å². The lowest BCUT2D eigenvalue weighted by Gasteiger charge is -2.27. The Morgan fingerprint density at radius 3 is 2.71 bits per heavy atom. The zero-order valence-electron chi connectivity index (χ0n) is 11.6. The van der Waals surface area contributed by atoms with E-state index in [1.807, 2.05) is 13.8 Å². The topological polar surface area (TPSA) is 39.1 Å². The number of hydrogen-bond donors (Lipinski definition) is 1. The van der Waals surface area contributed by atoms with Crippen LogP contribution in [0, 0.1) is 16.7 Å². The van der Waals surface area contributed by atoms with Gasteiger partial charge in [0.15, 0.2) is 0 Å². The summed E-state index contributed by atoms with van der Waals surface area (Å²) < 4.78 is 0. The van der Waals surface area contributed by atoms with Crippen LogP contribution in [0.25, 0.3) is 0 Å². The maximum Gasteiger partial charge on any atom is 0.0684 e. The summed E-state index contributed by atoms with van der Waals surface area (Å²) in [5, 5.41) is 12.6. The molecule has 0 aromatic carbocycles. The summed E-state index contributed by atoms with van der Waals surface area (Å²) in [6, 6.07) is 3.06. The third-order valence-electron chi connectivity index (χ3n) is 3.54. The smallest absolute Gasteiger partial charge is 0.0684 e. The van der Waals surface area contributed by atoms with Gasteiger partial charge in [0.1, 0.15) is 0 Å². The molecule has 1 atom stereocenters. The first-order valence-electron chi connectivity index (χ1n) is 6.94. The molecule has 0 radical (unpaired) electrons. The Hall–Kier alpha value is -0.590. The molecule has 1 aliphatic heterocycles. The Morgan fingerprint density at radius 2 is 2.18 bits per heavy atom. The first kappa shape index (κ1) is 14.5.